The smallest absolute Gasteiger partial charge is 0.254 e. The molecule has 1 fully saturated rings. The van der Waals surface area contributed by atoms with E-state index < -0.39 is 0 Å². The quantitative estimate of drug-likeness (QED) is 0.426. The number of aromatic nitrogens is 1. The number of amides is 3. The summed E-state index contributed by atoms with van der Waals surface area (Å²) in [6.45, 7) is 7.58. The number of piperazine rings is 1. The number of benzene rings is 2. The maximum atomic E-state index is 12.9. The van der Waals surface area contributed by atoms with Gasteiger partial charge in [0, 0.05) is 49.7 Å². The van der Waals surface area contributed by atoms with Crippen molar-refractivity contribution in [2.45, 2.75) is 32.9 Å². The van der Waals surface area contributed by atoms with Crippen LogP contribution in [0.15, 0.2) is 53.9 Å². The van der Waals surface area contributed by atoms with Gasteiger partial charge in [-0.2, -0.15) is 0 Å². The number of carbonyl (C=O) groups is 3. The molecule has 40 heavy (non-hydrogen) atoms. The third kappa shape index (κ3) is 6.78. The van der Waals surface area contributed by atoms with Crippen molar-refractivity contribution in [1.82, 2.24) is 19.7 Å². The first-order chi connectivity index (χ1) is 19.4. The van der Waals surface area contributed by atoms with Crippen molar-refractivity contribution in [2.75, 3.05) is 44.8 Å². The van der Waals surface area contributed by atoms with Gasteiger partial charge in [-0.25, -0.2) is 4.98 Å². The molecule has 0 unspecified atom stereocenters. The molecule has 0 spiro atoms. The van der Waals surface area contributed by atoms with Crippen LogP contribution >= 0.6 is 11.3 Å². The third-order valence-corrected chi connectivity index (χ3v) is 7.72. The van der Waals surface area contributed by atoms with Gasteiger partial charge in [-0.1, -0.05) is 24.3 Å². The first kappa shape index (κ1) is 27.6. The van der Waals surface area contributed by atoms with Crippen LogP contribution in [0.4, 0.5) is 5.13 Å². The second kappa shape index (κ2) is 12.5. The number of ether oxygens (including phenoxy) is 2. The Morgan fingerprint density at radius 3 is 2.52 bits per heavy atom. The van der Waals surface area contributed by atoms with Crippen molar-refractivity contribution in [3.63, 3.8) is 0 Å². The first-order valence-electron chi connectivity index (χ1n) is 13.3. The van der Waals surface area contributed by atoms with E-state index >= 15 is 0 Å². The van der Waals surface area contributed by atoms with Crippen LogP contribution in [0.5, 0.6) is 11.5 Å². The number of hydrogen-bond donors (Lipinski definition) is 1. The van der Waals surface area contributed by atoms with E-state index in [0.29, 0.717) is 29.5 Å². The van der Waals surface area contributed by atoms with Crippen LogP contribution in [0.2, 0.25) is 0 Å². The van der Waals surface area contributed by atoms with Crippen LogP contribution in [0.3, 0.4) is 0 Å². The fourth-order valence-corrected chi connectivity index (χ4v) is 5.44. The second-order valence-electron chi connectivity index (χ2n) is 10.1. The van der Waals surface area contributed by atoms with Crippen molar-refractivity contribution in [2.24, 2.45) is 0 Å². The number of thiazole rings is 1. The zero-order chi connectivity index (χ0) is 28.1. The SMILES string of the molecule is CC(C)N(CC(=O)Nc1nc(CC(=O)N2CCN(Cc3ccc4c(c3)OCO4)CC2)cs1)C(=O)c1ccccc1. The van der Waals surface area contributed by atoms with Gasteiger partial charge in [0.05, 0.1) is 12.1 Å². The number of fused-ring (bicyclic) bond motifs is 1. The lowest BCUT2D eigenvalue weighted by Gasteiger charge is -2.34. The largest absolute Gasteiger partial charge is 0.454 e. The summed E-state index contributed by atoms with van der Waals surface area (Å²) in [5.74, 6) is 1.05. The lowest BCUT2D eigenvalue weighted by molar-refractivity contribution is -0.132. The summed E-state index contributed by atoms with van der Waals surface area (Å²) in [5, 5.41) is 4.98. The van der Waals surface area contributed by atoms with Gasteiger partial charge >= 0.3 is 0 Å². The summed E-state index contributed by atoms with van der Waals surface area (Å²) in [7, 11) is 0. The zero-order valence-electron chi connectivity index (χ0n) is 22.7. The van der Waals surface area contributed by atoms with E-state index in [0.717, 1.165) is 36.7 Å². The molecule has 3 amide bonds. The van der Waals surface area contributed by atoms with E-state index in [-0.39, 0.29) is 43.5 Å². The van der Waals surface area contributed by atoms with Crippen molar-refractivity contribution < 1.29 is 23.9 Å². The van der Waals surface area contributed by atoms with Crippen molar-refractivity contribution in [1.29, 1.82) is 0 Å². The summed E-state index contributed by atoms with van der Waals surface area (Å²) in [6, 6.07) is 14.8. The van der Waals surface area contributed by atoms with Gasteiger partial charge in [0.25, 0.3) is 5.91 Å². The summed E-state index contributed by atoms with van der Waals surface area (Å²) < 4.78 is 10.9. The number of rotatable bonds is 9. The molecule has 2 aromatic carbocycles. The fourth-order valence-electron chi connectivity index (χ4n) is 4.71. The number of anilines is 1. The van der Waals surface area contributed by atoms with Crippen molar-refractivity contribution in [3.8, 4) is 11.5 Å². The van der Waals surface area contributed by atoms with Gasteiger partial charge in [0.2, 0.25) is 18.6 Å². The van der Waals surface area contributed by atoms with Crippen LogP contribution in [0, 0.1) is 0 Å². The Balaban J connectivity index is 1.08. The number of hydrogen-bond acceptors (Lipinski definition) is 8. The van der Waals surface area contributed by atoms with E-state index in [2.05, 4.69) is 15.2 Å². The Morgan fingerprint density at radius 1 is 1.02 bits per heavy atom. The summed E-state index contributed by atoms with van der Waals surface area (Å²) in [6.07, 6.45) is 0.180. The molecule has 0 saturated carbocycles. The van der Waals surface area contributed by atoms with Gasteiger partial charge < -0.3 is 24.6 Å². The molecule has 1 aromatic heterocycles. The minimum absolute atomic E-state index is 0.0188. The van der Waals surface area contributed by atoms with Gasteiger partial charge in [-0.3, -0.25) is 19.3 Å². The van der Waals surface area contributed by atoms with E-state index in [4.69, 9.17) is 9.47 Å². The molecule has 5 rings (SSSR count). The summed E-state index contributed by atoms with van der Waals surface area (Å²) in [4.78, 5) is 48.7. The highest BCUT2D eigenvalue weighted by molar-refractivity contribution is 7.13. The predicted molar refractivity (Wildman–Crippen MR) is 151 cm³/mol. The van der Waals surface area contributed by atoms with Gasteiger partial charge in [0.1, 0.15) is 6.54 Å². The Labute approximate surface area is 237 Å². The van der Waals surface area contributed by atoms with Crippen LogP contribution in [-0.2, 0) is 22.6 Å². The maximum Gasteiger partial charge on any atom is 0.254 e. The molecule has 0 aliphatic carbocycles. The Hall–Kier alpha value is -3.96. The molecule has 0 radical (unpaired) electrons. The van der Waals surface area contributed by atoms with Gasteiger partial charge in [0.15, 0.2) is 16.6 Å². The van der Waals surface area contributed by atoms with Gasteiger partial charge in [-0.05, 0) is 43.7 Å². The van der Waals surface area contributed by atoms with Gasteiger partial charge in [-0.15, -0.1) is 11.3 Å². The second-order valence-corrected chi connectivity index (χ2v) is 11.0. The average Bonchev–Trinajstić information content (AvgIpc) is 3.61. The predicted octanol–water partition coefficient (Wildman–Crippen LogP) is 3.25. The highest BCUT2D eigenvalue weighted by Gasteiger charge is 2.24. The average molecular weight is 564 g/mol. The van der Waals surface area contributed by atoms with Crippen molar-refractivity contribution in [3.05, 3.63) is 70.7 Å². The Kier molecular flexibility index (Phi) is 8.61. The minimum atomic E-state index is -0.330. The van der Waals surface area contributed by atoms with Crippen LogP contribution in [-0.4, -0.2) is 83.0 Å². The number of nitrogens with one attached hydrogen (secondary N) is 1. The highest BCUT2D eigenvalue weighted by Crippen LogP contribution is 2.33. The maximum absolute atomic E-state index is 12.9. The monoisotopic (exact) mass is 563 g/mol. The molecular weight excluding hydrogens is 530 g/mol. The third-order valence-electron chi connectivity index (χ3n) is 6.92. The Morgan fingerprint density at radius 2 is 1.77 bits per heavy atom. The highest BCUT2D eigenvalue weighted by atomic mass is 32.1. The number of carbonyl (C=O) groups excluding carboxylic acids is 3. The fraction of sp³-hybridized carbons (Fsp3) is 0.379. The molecule has 210 valence electrons. The molecule has 3 aromatic rings. The van der Waals surface area contributed by atoms with E-state index in [9.17, 15) is 14.4 Å². The molecule has 2 aliphatic heterocycles. The molecule has 10 nitrogen and oxygen atoms in total. The van der Waals surface area contributed by atoms with Crippen molar-refractivity contribution >= 4 is 34.2 Å². The number of nitrogens with zero attached hydrogens (tertiary/aromatic N) is 4. The normalized spacial score (nSPS) is 14.8. The first-order valence-corrected chi connectivity index (χ1v) is 14.2. The van der Waals surface area contributed by atoms with Crippen LogP contribution < -0.4 is 14.8 Å². The standard InChI is InChI=1S/C29H33N5O5S/c1-20(2)34(28(37)22-6-4-3-5-7-22)17-26(35)31-29-30-23(18-40-29)15-27(36)33-12-10-32(11-13-33)16-21-8-9-24-25(14-21)39-19-38-24/h3-9,14,18,20H,10-13,15-17,19H2,1-2H3,(H,30,31,35). The molecular formula is C29H33N5O5S. The molecule has 1 saturated heterocycles. The van der Waals surface area contributed by atoms with E-state index in [1.165, 1.54) is 16.2 Å². The van der Waals surface area contributed by atoms with E-state index in [1.807, 2.05) is 43.0 Å². The minimum Gasteiger partial charge on any atom is -0.454 e. The molecule has 3 heterocycles. The summed E-state index contributed by atoms with van der Waals surface area (Å²) >= 11 is 1.27. The zero-order valence-corrected chi connectivity index (χ0v) is 23.5. The van der Waals surface area contributed by atoms with Crippen LogP contribution in [0.25, 0.3) is 0 Å². The van der Waals surface area contributed by atoms with Crippen LogP contribution in [0.1, 0.15) is 35.5 Å². The Bertz CT molecular complexity index is 1350. The molecule has 11 heteroatoms. The van der Waals surface area contributed by atoms with E-state index in [1.54, 1.807) is 29.6 Å². The molecule has 0 atom stereocenters. The molecule has 0 bridgehead atoms. The molecule has 2 aliphatic rings. The summed E-state index contributed by atoms with van der Waals surface area (Å²) in [5.41, 5.74) is 2.31. The lowest BCUT2D eigenvalue weighted by atomic mass is 10.1. The molecule has 1 N–H and O–H groups in total. The topological polar surface area (TPSA) is 104 Å². The lowest BCUT2D eigenvalue weighted by Crippen LogP contribution is -2.48.